The van der Waals surface area contributed by atoms with Gasteiger partial charge in [-0.15, -0.1) is 0 Å². The standard InChI is InChI=1S/C8H10N2O2/c1-5(2)12-7-4-6(3)9-10-8(7)11/h4H,1H2,2-3H3,(H,10,11). The first-order valence-corrected chi connectivity index (χ1v) is 3.49. The Hall–Kier alpha value is -1.58. The molecular weight excluding hydrogens is 156 g/mol. The van der Waals surface area contributed by atoms with E-state index in [9.17, 15) is 4.79 Å². The minimum atomic E-state index is -0.344. The van der Waals surface area contributed by atoms with E-state index in [2.05, 4.69) is 16.8 Å². The Morgan fingerprint density at radius 2 is 2.42 bits per heavy atom. The van der Waals surface area contributed by atoms with Crippen LogP contribution in [0.4, 0.5) is 0 Å². The fourth-order valence-corrected chi connectivity index (χ4v) is 0.745. The SMILES string of the molecule is C=C(C)Oc1cc(C)n[nH]c1=O. The Kier molecular flexibility index (Phi) is 2.28. The summed E-state index contributed by atoms with van der Waals surface area (Å²) in [6.07, 6.45) is 0. The normalized spacial score (nSPS) is 9.50. The van der Waals surface area contributed by atoms with Crippen LogP contribution in [0.5, 0.6) is 5.75 Å². The topological polar surface area (TPSA) is 55.0 Å². The minimum absolute atomic E-state index is 0.231. The highest BCUT2D eigenvalue weighted by atomic mass is 16.5. The van der Waals surface area contributed by atoms with Crippen LogP contribution in [0.2, 0.25) is 0 Å². The summed E-state index contributed by atoms with van der Waals surface area (Å²) < 4.78 is 5.05. The number of rotatable bonds is 2. The number of hydrogen-bond donors (Lipinski definition) is 1. The summed E-state index contributed by atoms with van der Waals surface area (Å²) in [6.45, 7) is 6.97. The fourth-order valence-electron chi connectivity index (χ4n) is 0.745. The molecule has 1 heterocycles. The number of hydrogen-bond acceptors (Lipinski definition) is 3. The molecule has 0 fully saturated rings. The van der Waals surface area contributed by atoms with Crippen LogP contribution in [0.15, 0.2) is 23.2 Å². The van der Waals surface area contributed by atoms with E-state index in [4.69, 9.17) is 4.74 Å². The molecule has 0 aliphatic rings. The molecule has 0 atom stereocenters. The van der Waals surface area contributed by atoms with Gasteiger partial charge in [0.05, 0.1) is 11.5 Å². The van der Waals surface area contributed by atoms with Crippen LogP contribution in [-0.4, -0.2) is 10.2 Å². The summed E-state index contributed by atoms with van der Waals surface area (Å²) >= 11 is 0. The number of aromatic nitrogens is 2. The average molecular weight is 166 g/mol. The van der Waals surface area contributed by atoms with Gasteiger partial charge in [0.15, 0.2) is 5.75 Å². The first kappa shape index (κ1) is 8.52. The lowest BCUT2D eigenvalue weighted by Gasteiger charge is -2.02. The molecule has 0 unspecified atom stereocenters. The second kappa shape index (κ2) is 3.21. The molecule has 1 aromatic heterocycles. The molecule has 0 amide bonds. The molecule has 4 nitrogen and oxygen atoms in total. The second-order valence-corrected chi connectivity index (χ2v) is 2.51. The van der Waals surface area contributed by atoms with Crippen molar-refractivity contribution in [1.29, 1.82) is 0 Å². The molecular formula is C8H10N2O2. The fraction of sp³-hybridized carbons (Fsp3) is 0.250. The van der Waals surface area contributed by atoms with E-state index >= 15 is 0 Å². The Labute approximate surface area is 69.9 Å². The van der Waals surface area contributed by atoms with Crippen molar-refractivity contribution in [2.45, 2.75) is 13.8 Å². The van der Waals surface area contributed by atoms with Crippen molar-refractivity contribution in [3.8, 4) is 5.75 Å². The Morgan fingerprint density at radius 1 is 1.75 bits per heavy atom. The van der Waals surface area contributed by atoms with Crippen LogP contribution in [-0.2, 0) is 0 Å². The van der Waals surface area contributed by atoms with Crippen LogP contribution >= 0.6 is 0 Å². The Balaban J connectivity index is 3.06. The van der Waals surface area contributed by atoms with Crippen molar-refractivity contribution >= 4 is 0 Å². The smallest absolute Gasteiger partial charge is 0.307 e. The van der Waals surface area contributed by atoms with E-state index in [0.29, 0.717) is 11.5 Å². The van der Waals surface area contributed by atoms with Crippen LogP contribution < -0.4 is 10.3 Å². The van der Waals surface area contributed by atoms with Gasteiger partial charge in [0.1, 0.15) is 0 Å². The lowest BCUT2D eigenvalue weighted by molar-refractivity contribution is 0.421. The molecule has 0 aromatic carbocycles. The molecule has 1 rings (SSSR count). The van der Waals surface area contributed by atoms with Crippen LogP contribution in [0.1, 0.15) is 12.6 Å². The van der Waals surface area contributed by atoms with Gasteiger partial charge >= 0.3 is 5.56 Å². The predicted octanol–water partition coefficient (Wildman–Crippen LogP) is 0.991. The van der Waals surface area contributed by atoms with Gasteiger partial charge in [-0.1, -0.05) is 6.58 Å². The highest BCUT2D eigenvalue weighted by molar-refractivity contribution is 5.20. The monoisotopic (exact) mass is 166 g/mol. The summed E-state index contributed by atoms with van der Waals surface area (Å²) in [5.41, 5.74) is 0.356. The van der Waals surface area contributed by atoms with Gasteiger partial charge in [-0.25, -0.2) is 5.10 Å². The highest BCUT2D eigenvalue weighted by Gasteiger charge is 2.01. The quantitative estimate of drug-likeness (QED) is 0.666. The van der Waals surface area contributed by atoms with Gasteiger partial charge < -0.3 is 4.74 Å². The molecule has 0 spiro atoms. The van der Waals surface area contributed by atoms with Gasteiger partial charge in [-0.05, 0) is 13.8 Å². The number of nitrogens with one attached hydrogen (secondary N) is 1. The first-order chi connectivity index (χ1) is 5.59. The molecule has 1 aromatic rings. The van der Waals surface area contributed by atoms with Crippen LogP contribution in [0.25, 0.3) is 0 Å². The van der Waals surface area contributed by atoms with E-state index in [0.717, 1.165) is 0 Å². The summed E-state index contributed by atoms with van der Waals surface area (Å²) in [6, 6.07) is 1.56. The number of nitrogens with zero attached hydrogens (tertiary/aromatic N) is 1. The van der Waals surface area contributed by atoms with E-state index in [-0.39, 0.29) is 11.3 Å². The summed E-state index contributed by atoms with van der Waals surface area (Å²) in [4.78, 5) is 11.0. The average Bonchev–Trinajstić information content (AvgIpc) is 1.96. The lowest BCUT2D eigenvalue weighted by Crippen LogP contribution is -2.12. The largest absolute Gasteiger partial charge is 0.457 e. The summed E-state index contributed by atoms with van der Waals surface area (Å²) in [5, 5.41) is 6.00. The van der Waals surface area contributed by atoms with Gasteiger partial charge in [0.2, 0.25) is 0 Å². The third-order valence-corrected chi connectivity index (χ3v) is 1.18. The van der Waals surface area contributed by atoms with E-state index in [1.807, 2.05) is 0 Å². The molecule has 1 N–H and O–H groups in total. The molecule has 0 bridgehead atoms. The van der Waals surface area contributed by atoms with Gasteiger partial charge in [0.25, 0.3) is 0 Å². The number of aromatic amines is 1. The van der Waals surface area contributed by atoms with Crippen molar-refractivity contribution in [3.63, 3.8) is 0 Å². The minimum Gasteiger partial charge on any atom is -0.457 e. The zero-order chi connectivity index (χ0) is 9.14. The number of allylic oxidation sites excluding steroid dienone is 1. The molecule has 0 radical (unpaired) electrons. The molecule has 0 aliphatic carbocycles. The van der Waals surface area contributed by atoms with Crippen molar-refractivity contribution in [2.75, 3.05) is 0 Å². The third-order valence-electron chi connectivity index (χ3n) is 1.18. The van der Waals surface area contributed by atoms with Gasteiger partial charge in [0, 0.05) is 6.07 Å². The number of aryl methyl sites for hydroxylation is 1. The van der Waals surface area contributed by atoms with Crippen molar-refractivity contribution in [3.05, 3.63) is 34.5 Å². The highest BCUT2D eigenvalue weighted by Crippen LogP contribution is 2.05. The molecule has 0 saturated heterocycles. The van der Waals surface area contributed by atoms with Gasteiger partial charge in [-0.3, -0.25) is 4.79 Å². The molecule has 4 heteroatoms. The maximum Gasteiger partial charge on any atom is 0.307 e. The molecule has 0 saturated carbocycles. The number of ether oxygens (including phenoxy) is 1. The maximum atomic E-state index is 11.0. The van der Waals surface area contributed by atoms with E-state index < -0.39 is 0 Å². The summed E-state index contributed by atoms with van der Waals surface area (Å²) in [5.74, 6) is 0.709. The van der Waals surface area contributed by atoms with Crippen LogP contribution in [0.3, 0.4) is 0 Å². The zero-order valence-electron chi connectivity index (χ0n) is 7.05. The lowest BCUT2D eigenvalue weighted by atomic mass is 10.4. The summed E-state index contributed by atoms with van der Waals surface area (Å²) in [7, 11) is 0. The van der Waals surface area contributed by atoms with Crippen molar-refractivity contribution < 1.29 is 4.74 Å². The molecule has 64 valence electrons. The zero-order valence-corrected chi connectivity index (χ0v) is 7.05. The van der Waals surface area contributed by atoms with E-state index in [1.165, 1.54) is 0 Å². The predicted molar refractivity (Wildman–Crippen MR) is 45.0 cm³/mol. The van der Waals surface area contributed by atoms with Gasteiger partial charge in [-0.2, -0.15) is 5.10 Å². The van der Waals surface area contributed by atoms with Crippen molar-refractivity contribution in [1.82, 2.24) is 10.2 Å². The first-order valence-electron chi connectivity index (χ1n) is 3.49. The molecule has 0 aliphatic heterocycles. The van der Waals surface area contributed by atoms with Crippen LogP contribution in [0, 0.1) is 6.92 Å². The third kappa shape index (κ3) is 1.95. The Bertz CT molecular complexity index is 354. The van der Waals surface area contributed by atoms with Crippen molar-refractivity contribution in [2.24, 2.45) is 0 Å². The molecule has 12 heavy (non-hydrogen) atoms. The number of H-pyrrole nitrogens is 1. The maximum absolute atomic E-state index is 11.0. The second-order valence-electron chi connectivity index (χ2n) is 2.51. The Morgan fingerprint density at radius 3 is 3.00 bits per heavy atom. The van der Waals surface area contributed by atoms with E-state index in [1.54, 1.807) is 19.9 Å².